The van der Waals surface area contributed by atoms with E-state index in [1.807, 2.05) is 0 Å². The van der Waals surface area contributed by atoms with Crippen LogP contribution in [-0.2, 0) is 0 Å². The predicted molar refractivity (Wildman–Crippen MR) is 106 cm³/mol. The van der Waals surface area contributed by atoms with Gasteiger partial charge in [-0.25, -0.2) is 0 Å². The second-order valence-electron chi connectivity index (χ2n) is 10.2. The van der Waals surface area contributed by atoms with E-state index >= 15 is 0 Å². The Balaban J connectivity index is 2.04. The lowest BCUT2D eigenvalue weighted by Crippen LogP contribution is -2.26. The van der Waals surface area contributed by atoms with Gasteiger partial charge in [-0.1, -0.05) is 82.6 Å². The van der Waals surface area contributed by atoms with E-state index in [-0.39, 0.29) is 5.41 Å². The average molecular weight is 325 g/mol. The summed E-state index contributed by atoms with van der Waals surface area (Å²) in [6, 6.07) is 0. The zero-order valence-electron chi connectivity index (χ0n) is 16.7. The number of hydrogen-bond acceptors (Lipinski definition) is 0. The highest BCUT2D eigenvalue weighted by Crippen LogP contribution is 2.48. The maximum absolute atomic E-state index is 2.62. The Labute approximate surface area is 149 Å². The molecule has 0 fully saturated rings. The molecule has 6 aliphatic carbocycles. The highest BCUT2D eigenvalue weighted by molar-refractivity contribution is 5.41. The largest absolute Gasteiger partial charge is 0.0808 e. The van der Waals surface area contributed by atoms with Gasteiger partial charge in [-0.3, -0.25) is 0 Å². The summed E-state index contributed by atoms with van der Waals surface area (Å²) < 4.78 is 0. The van der Waals surface area contributed by atoms with Crippen molar-refractivity contribution in [1.29, 1.82) is 0 Å². The van der Waals surface area contributed by atoms with Gasteiger partial charge in [-0.2, -0.15) is 0 Å². The van der Waals surface area contributed by atoms with Crippen LogP contribution in [0.25, 0.3) is 0 Å². The second kappa shape index (κ2) is 6.36. The van der Waals surface area contributed by atoms with Gasteiger partial charge in [0.15, 0.2) is 0 Å². The molecule has 6 rings (SSSR count). The van der Waals surface area contributed by atoms with E-state index in [9.17, 15) is 0 Å². The van der Waals surface area contributed by atoms with Crippen LogP contribution >= 0.6 is 0 Å². The van der Waals surface area contributed by atoms with E-state index in [1.165, 1.54) is 38.5 Å². The van der Waals surface area contributed by atoms with Gasteiger partial charge in [0.05, 0.1) is 0 Å². The zero-order chi connectivity index (χ0) is 17.5. The molecular formula is C24H36. The number of rotatable bonds is 0. The molecule has 0 aliphatic heterocycles. The molecule has 0 aromatic carbocycles. The van der Waals surface area contributed by atoms with Gasteiger partial charge in [0.1, 0.15) is 0 Å². The van der Waals surface area contributed by atoms with Gasteiger partial charge >= 0.3 is 0 Å². The first-order chi connectivity index (χ1) is 11.1. The third-order valence-corrected chi connectivity index (χ3v) is 6.21. The minimum absolute atomic E-state index is 0.289. The van der Waals surface area contributed by atoms with Gasteiger partial charge in [-0.15, -0.1) is 0 Å². The lowest BCUT2D eigenvalue weighted by Gasteiger charge is -2.40. The molecule has 0 N–H and O–H groups in total. The van der Waals surface area contributed by atoms with Crippen LogP contribution in [0.15, 0.2) is 46.6 Å². The highest BCUT2D eigenvalue weighted by Gasteiger charge is 2.34. The Kier molecular flexibility index (Phi) is 4.71. The van der Waals surface area contributed by atoms with Crippen LogP contribution in [0, 0.1) is 22.7 Å². The van der Waals surface area contributed by atoms with Crippen molar-refractivity contribution in [3.05, 3.63) is 46.6 Å². The van der Waals surface area contributed by atoms with Crippen molar-refractivity contribution < 1.29 is 0 Å². The second-order valence-corrected chi connectivity index (χ2v) is 10.2. The van der Waals surface area contributed by atoms with Crippen LogP contribution < -0.4 is 0 Å². The molecule has 0 saturated heterocycles. The first-order valence-electron chi connectivity index (χ1n) is 9.96. The average Bonchev–Trinajstić information content (AvgIpc) is 2.47. The third kappa shape index (κ3) is 3.79. The van der Waals surface area contributed by atoms with Gasteiger partial charge in [-0.05, 0) is 66.8 Å². The summed E-state index contributed by atoms with van der Waals surface area (Å²) in [5.41, 5.74) is 7.21. The minimum Gasteiger partial charge on any atom is -0.0808 e. The highest BCUT2D eigenvalue weighted by atomic mass is 14.4. The van der Waals surface area contributed by atoms with Crippen LogP contribution in [0.1, 0.15) is 80.1 Å². The van der Waals surface area contributed by atoms with Crippen LogP contribution in [0.2, 0.25) is 0 Å². The summed E-state index contributed by atoms with van der Waals surface area (Å²) in [7, 11) is 0. The SMILES string of the molecule is CC(C)(C)C1=CC2=C(C(C)(C)C)C[C@@H]1CC[C@@H]1C=CC(=CC1)CC2. The molecule has 0 heteroatoms. The topological polar surface area (TPSA) is 0 Å². The molecule has 0 aromatic heterocycles. The maximum atomic E-state index is 2.62. The summed E-state index contributed by atoms with van der Waals surface area (Å²) in [5, 5.41) is 0. The Morgan fingerprint density at radius 1 is 0.917 bits per heavy atom. The number of allylic oxidation sites excluding steroid dienone is 8. The lowest BCUT2D eigenvalue weighted by atomic mass is 9.65. The van der Waals surface area contributed by atoms with Crippen LogP contribution in [-0.4, -0.2) is 0 Å². The monoisotopic (exact) mass is 324 g/mol. The van der Waals surface area contributed by atoms with Gasteiger partial charge in [0.2, 0.25) is 0 Å². The van der Waals surface area contributed by atoms with Crippen molar-refractivity contribution in [2.75, 3.05) is 0 Å². The molecule has 0 saturated carbocycles. The summed E-state index contributed by atoms with van der Waals surface area (Å²) in [6.07, 6.45) is 17.7. The molecule has 24 heavy (non-hydrogen) atoms. The van der Waals surface area contributed by atoms with Crippen molar-refractivity contribution in [3.63, 3.8) is 0 Å². The first-order valence-corrected chi connectivity index (χ1v) is 9.96. The van der Waals surface area contributed by atoms with Crippen molar-refractivity contribution in [2.24, 2.45) is 22.7 Å². The molecular weight excluding hydrogens is 288 g/mol. The maximum Gasteiger partial charge on any atom is -0.0157 e. The Hall–Kier alpha value is -1.04. The molecule has 0 unspecified atom stereocenters. The molecule has 6 aliphatic rings. The van der Waals surface area contributed by atoms with Crippen molar-refractivity contribution in [3.8, 4) is 0 Å². The third-order valence-electron chi connectivity index (χ3n) is 6.21. The van der Waals surface area contributed by atoms with E-state index in [1.54, 1.807) is 22.3 Å². The fourth-order valence-corrected chi connectivity index (χ4v) is 4.78. The summed E-state index contributed by atoms with van der Waals surface area (Å²) in [5.74, 6) is 1.50. The van der Waals surface area contributed by atoms with Gasteiger partial charge in [0.25, 0.3) is 0 Å². The van der Waals surface area contributed by atoms with Crippen molar-refractivity contribution in [1.82, 2.24) is 0 Å². The molecule has 0 radical (unpaired) electrons. The minimum atomic E-state index is 0.289. The molecule has 0 aromatic rings. The zero-order valence-corrected chi connectivity index (χ0v) is 16.7. The predicted octanol–water partition coefficient (Wildman–Crippen LogP) is 7.40. The van der Waals surface area contributed by atoms with E-state index < -0.39 is 0 Å². The molecule has 0 amide bonds. The molecule has 0 spiro atoms. The fourth-order valence-electron chi connectivity index (χ4n) is 4.78. The molecule has 2 atom stereocenters. The standard InChI is InChI=1S/C24H36/c1-23(2,3)21-15-20-14-12-18-9-7-17(8-10-18)11-13-19(21)16-22(20)24(4,5)6/h7-9,16,18,20H,10-15H2,1-6H3/t18-,20+/m1/s1. The first kappa shape index (κ1) is 17.8. The van der Waals surface area contributed by atoms with Crippen molar-refractivity contribution >= 4 is 0 Å². The number of hydrogen-bond donors (Lipinski definition) is 0. The van der Waals surface area contributed by atoms with Crippen LogP contribution in [0.3, 0.4) is 0 Å². The van der Waals surface area contributed by atoms with Gasteiger partial charge in [0, 0.05) is 0 Å². The fraction of sp³-hybridized carbons (Fsp3) is 0.667. The van der Waals surface area contributed by atoms with E-state index in [4.69, 9.17) is 0 Å². The van der Waals surface area contributed by atoms with E-state index in [0.29, 0.717) is 5.41 Å². The quantitative estimate of drug-likeness (QED) is 0.435. The summed E-state index contributed by atoms with van der Waals surface area (Å²) in [6.45, 7) is 14.5. The van der Waals surface area contributed by atoms with Crippen molar-refractivity contribution in [2.45, 2.75) is 80.1 Å². The molecule has 0 nitrogen and oxygen atoms in total. The summed E-state index contributed by atoms with van der Waals surface area (Å²) >= 11 is 0. The van der Waals surface area contributed by atoms with Gasteiger partial charge < -0.3 is 0 Å². The van der Waals surface area contributed by atoms with Crippen LogP contribution in [0.5, 0.6) is 0 Å². The normalized spacial score (nSPS) is 28.4. The molecule has 4 bridgehead atoms. The van der Waals surface area contributed by atoms with E-state index in [2.05, 4.69) is 65.8 Å². The lowest BCUT2D eigenvalue weighted by molar-refractivity contribution is 0.349. The Morgan fingerprint density at radius 2 is 1.67 bits per heavy atom. The molecule has 132 valence electrons. The summed E-state index contributed by atoms with van der Waals surface area (Å²) in [4.78, 5) is 0. The molecule has 0 heterocycles. The smallest absolute Gasteiger partial charge is 0.0157 e. The van der Waals surface area contributed by atoms with E-state index in [0.717, 1.165) is 11.8 Å². The Bertz CT molecular complexity index is 607. The van der Waals surface area contributed by atoms with Crippen LogP contribution in [0.4, 0.5) is 0 Å². The Morgan fingerprint density at radius 3 is 2.25 bits per heavy atom.